The van der Waals surface area contributed by atoms with E-state index in [0.717, 1.165) is 34.5 Å². The lowest BCUT2D eigenvalue weighted by molar-refractivity contribution is 0.394. The molecule has 5 heteroatoms. The molecule has 2 fully saturated rings. The molecule has 0 N–H and O–H groups in total. The quantitative estimate of drug-likeness (QED) is 0.640. The van der Waals surface area contributed by atoms with Gasteiger partial charge in [-0.3, -0.25) is 4.40 Å². The highest BCUT2D eigenvalue weighted by atomic mass is 35.5. The molecule has 2 aliphatic carbocycles. The molecular weight excluding hydrogens is 334 g/mol. The van der Waals surface area contributed by atoms with Crippen LogP contribution in [0.1, 0.15) is 43.5 Å². The van der Waals surface area contributed by atoms with Crippen LogP contribution in [-0.4, -0.2) is 14.6 Å². The van der Waals surface area contributed by atoms with Crippen molar-refractivity contribution in [1.29, 1.82) is 0 Å². The van der Waals surface area contributed by atoms with Crippen LogP contribution in [0.15, 0.2) is 36.5 Å². The summed E-state index contributed by atoms with van der Waals surface area (Å²) in [4.78, 5) is 0. The summed E-state index contributed by atoms with van der Waals surface area (Å²) in [6.07, 6.45) is 8.43. The zero-order valence-corrected chi connectivity index (χ0v) is 15.0. The van der Waals surface area contributed by atoms with Crippen LogP contribution in [0.4, 0.5) is 0 Å². The van der Waals surface area contributed by atoms with E-state index in [9.17, 15) is 0 Å². The lowest BCUT2D eigenvalue weighted by Crippen LogP contribution is -2.23. The van der Waals surface area contributed by atoms with Crippen LogP contribution in [0.3, 0.4) is 0 Å². The van der Waals surface area contributed by atoms with E-state index in [-0.39, 0.29) is 5.41 Å². The van der Waals surface area contributed by atoms with E-state index in [1.54, 1.807) is 0 Å². The second-order valence-corrected chi connectivity index (χ2v) is 7.89. The van der Waals surface area contributed by atoms with Gasteiger partial charge in [0.1, 0.15) is 11.6 Å². The van der Waals surface area contributed by atoms with Gasteiger partial charge in [0.05, 0.1) is 0 Å². The molecular formula is C20H20ClN3O. The van der Waals surface area contributed by atoms with Crippen LogP contribution in [0.5, 0.6) is 11.5 Å². The largest absolute Gasteiger partial charge is 0.453 e. The summed E-state index contributed by atoms with van der Waals surface area (Å²) in [5, 5.41) is 9.78. The van der Waals surface area contributed by atoms with Gasteiger partial charge in [-0.2, -0.15) is 0 Å². The van der Waals surface area contributed by atoms with Crippen molar-refractivity contribution in [2.24, 2.45) is 5.92 Å². The number of rotatable bonds is 3. The Hall–Kier alpha value is -2.07. The van der Waals surface area contributed by atoms with Crippen LogP contribution >= 0.6 is 11.6 Å². The molecule has 2 bridgehead atoms. The standard InChI is InChI=1S/C20H20ClN3O/c1-13-15(21)4-2-5-16(13)25-17-6-3-11-24-18(17)22-23-19(24)20-9-7-14(12-20)8-10-20/h2-6,11,14H,7-10,12H2,1H3. The number of ether oxygens (including phenoxy) is 1. The molecule has 2 aliphatic rings. The molecule has 2 aromatic heterocycles. The van der Waals surface area contributed by atoms with Gasteiger partial charge in [-0.25, -0.2) is 0 Å². The monoisotopic (exact) mass is 353 g/mol. The minimum Gasteiger partial charge on any atom is -0.453 e. The van der Waals surface area contributed by atoms with Gasteiger partial charge in [0.15, 0.2) is 5.75 Å². The molecule has 0 atom stereocenters. The number of aromatic nitrogens is 3. The first kappa shape index (κ1) is 15.2. The third-order valence-electron chi connectivity index (χ3n) is 6.05. The smallest absolute Gasteiger partial charge is 0.203 e. The van der Waals surface area contributed by atoms with E-state index in [2.05, 4.69) is 20.8 Å². The van der Waals surface area contributed by atoms with Crippen LogP contribution in [-0.2, 0) is 5.41 Å². The summed E-state index contributed by atoms with van der Waals surface area (Å²) >= 11 is 6.22. The van der Waals surface area contributed by atoms with Crippen molar-refractivity contribution in [3.8, 4) is 11.5 Å². The van der Waals surface area contributed by atoms with Crippen molar-refractivity contribution < 1.29 is 4.74 Å². The van der Waals surface area contributed by atoms with Gasteiger partial charge in [0.25, 0.3) is 0 Å². The third-order valence-corrected chi connectivity index (χ3v) is 6.46. The van der Waals surface area contributed by atoms with Crippen LogP contribution in [0.25, 0.3) is 5.65 Å². The summed E-state index contributed by atoms with van der Waals surface area (Å²) in [5.74, 6) is 3.46. The Morgan fingerprint density at radius 1 is 1.12 bits per heavy atom. The van der Waals surface area contributed by atoms with Gasteiger partial charge in [-0.05, 0) is 69.2 Å². The molecule has 3 aromatic rings. The molecule has 0 aliphatic heterocycles. The summed E-state index contributed by atoms with van der Waals surface area (Å²) in [5.41, 5.74) is 1.93. The lowest BCUT2D eigenvalue weighted by Gasteiger charge is -2.24. The van der Waals surface area contributed by atoms with Crippen LogP contribution in [0, 0.1) is 12.8 Å². The Morgan fingerprint density at radius 2 is 1.92 bits per heavy atom. The maximum absolute atomic E-state index is 6.22. The number of hydrogen-bond acceptors (Lipinski definition) is 3. The van der Waals surface area contributed by atoms with Gasteiger partial charge < -0.3 is 4.74 Å². The van der Waals surface area contributed by atoms with Gasteiger partial charge in [0, 0.05) is 22.2 Å². The first-order valence-corrected chi connectivity index (χ1v) is 9.31. The zero-order valence-electron chi connectivity index (χ0n) is 14.2. The highest BCUT2D eigenvalue weighted by Gasteiger charge is 2.48. The fourth-order valence-electron chi connectivity index (χ4n) is 4.66. The minimum atomic E-state index is 0.217. The predicted molar refractivity (Wildman–Crippen MR) is 97.5 cm³/mol. The molecule has 2 saturated carbocycles. The molecule has 0 spiro atoms. The van der Waals surface area contributed by atoms with Crippen molar-refractivity contribution >= 4 is 17.2 Å². The van der Waals surface area contributed by atoms with Crippen molar-refractivity contribution in [3.05, 3.63) is 52.9 Å². The Balaban J connectivity index is 1.58. The third kappa shape index (κ3) is 2.27. The predicted octanol–water partition coefficient (Wildman–Crippen LogP) is 5.32. The number of nitrogens with zero attached hydrogens (tertiary/aromatic N) is 3. The molecule has 0 unspecified atom stereocenters. The van der Waals surface area contributed by atoms with Gasteiger partial charge in [-0.1, -0.05) is 17.7 Å². The highest BCUT2D eigenvalue weighted by molar-refractivity contribution is 6.31. The Labute approximate surface area is 151 Å². The zero-order chi connectivity index (χ0) is 17.0. The SMILES string of the molecule is Cc1c(Cl)cccc1Oc1cccn2c(C34CCC(CC3)C4)nnc12. The lowest BCUT2D eigenvalue weighted by atomic mass is 9.83. The van der Waals surface area contributed by atoms with Gasteiger partial charge >= 0.3 is 0 Å². The maximum Gasteiger partial charge on any atom is 0.203 e. The van der Waals surface area contributed by atoms with Crippen LogP contribution < -0.4 is 4.74 Å². The average Bonchev–Trinajstić information content (AvgIpc) is 3.33. The molecule has 4 nitrogen and oxygen atoms in total. The number of fused-ring (bicyclic) bond motifs is 3. The van der Waals surface area contributed by atoms with Crippen LogP contribution in [0.2, 0.25) is 5.02 Å². The number of hydrogen-bond donors (Lipinski definition) is 0. The number of pyridine rings is 1. The molecule has 0 amide bonds. The maximum atomic E-state index is 6.22. The summed E-state index contributed by atoms with van der Waals surface area (Å²) in [6.45, 7) is 1.96. The minimum absolute atomic E-state index is 0.217. The number of benzene rings is 1. The van der Waals surface area contributed by atoms with Crippen molar-refractivity contribution in [1.82, 2.24) is 14.6 Å². The fourth-order valence-corrected chi connectivity index (χ4v) is 4.82. The molecule has 128 valence electrons. The van der Waals surface area contributed by atoms with Gasteiger partial charge in [-0.15, -0.1) is 10.2 Å². The van der Waals surface area contributed by atoms with Crippen molar-refractivity contribution in [2.75, 3.05) is 0 Å². The van der Waals surface area contributed by atoms with E-state index in [0.29, 0.717) is 5.02 Å². The normalized spacial score (nSPS) is 25.0. The Kier molecular flexibility index (Phi) is 3.32. The molecule has 0 radical (unpaired) electrons. The first-order valence-electron chi connectivity index (χ1n) is 8.93. The van der Waals surface area contributed by atoms with E-state index in [1.165, 1.54) is 32.1 Å². The second-order valence-electron chi connectivity index (χ2n) is 7.48. The molecule has 0 saturated heterocycles. The van der Waals surface area contributed by atoms with E-state index in [1.807, 2.05) is 37.3 Å². The second kappa shape index (κ2) is 5.46. The van der Waals surface area contributed by atoms with Crippen molar-refractivity contribution in [3.63, 3.8) is 0 Å². The Morgan fingerprint density at radius 3 is 2.68 bits per heavy atom. The molecule has 25 heavy (non-hydrogen) atoms. The highest BCUT2D eigenvalue weighted by Crippen LogP contribution is 2.54. The first-order chi connectivity index (χ1) is 12.2. The summed E-state index contributed by atoms with van der Waals surface area (Å²) in [6, 6.07) is 9.65. The number of halogens is 1. The Bertz CT molecular complexity index is 957. The van der Waals surface area contributed by atoms with E-state index < -0.39 is 0 Å². The molecule has 2 heterocycles. The van der Waals surface area contributed by atoms with Crippen molar-refractivity contribution in [2.45, 2.75) is 44.4 Å². The molecule has 1 aromatic carbocycles. The topological polar surface area (TPSA) is 39.4 Å². The summed E-state index contributed by atoms with van der Waals surface area (Å²) in [7, 11) is 0. The van der Waals surface area contributed by atoms with Gasteiger partial charge in [0.2, 0.25) is 5.65 Å². The fraction of sp³-hybridized carbons (Fsp3) is 0.400. The average molecular weight is 354 g/mol. The molecule has 5 rings (SSSR count). The van der Waals surface area contributed by atoms with E-state index in [4.69, 9.17) is 16.3 Å². The summed E-state index contributed by atoms with van der Waals surface area (Å²) < 4.78 is 8.28. The van der Waals surface area contributed by atoms with E-state index >= 15 is 0 Å².